The third-order valence-electron chi connectivity index (χ3n) is 4.29. The first kappa shape index (κ1) is 17.2. The highest BCUT2D eigenvalue weighted by molar-refractivity contribution is 5.95. The molecule has 1 N–H and O–H groups in total. The van der Waals surface area contributed by atoms with Crippen molar-refractivity contribution >= 4 is 17.8 Å². The summed E-state index contributed by atoms with van der Waals surface area (Å²) in [6, 6.07) is 0. The number of ether oxygens (including phenoxy) is 2. The van der Waals surface area contributed by atoms with Crippen LogP contribution < -0.4 is 0 Å². The molecule has 1 aliphatic heterocycles. The maximum Gasteiger partial charge on any atom is 0.335 e. The lowest BCUT2D eigenvalue weighted by Crippen LogP contribution is -2.42. The Balaban J connectivity index is 2.18. The SMILES string of the molecule is COC(=O)CCCN1C=C(C(=O)OC)[C@H]2CC=C(CO)[C@H]2C1=O. The summed E-state index contributed by atoms with van der Waals surface area (Å²) in [6.45, 7) is 0.0910. The van der Waals surface area contributed by atoms with Gasteiger partial charge in [0.2, 0.25) is 5.91 Å². The van der Waals surface area contributed by atoms with Crippen molar-refractivity contribution in [3.05, 3.63) is 23.4 Å². The highest BCUT2D eigenvalue weighted by Crippen LogP contribution is 2.41. The van der Waals surface area contributed by atoms with E-state index in [0.717, 1.165) is 0 Å². The number of nitrogens with zero attached hydrogens (tertiary/aromatic N) is 1. The third kappa shape index (κ3) is 3.44. The molecule has 1 aliphatic carbocycles. The number of carbonyl (C=O) groups is 3. The van der Waals surface area contributed by atoms with Crippen molar-refractivity contribution in [1.82, 2.24) is 4.90 Å². The fourth-order valence-corrected chi connectivity index (χ4v) is 3.10. The van der Waals surface area contributed by atoms with Crippen LogP contribution in [0.15, 0.2) is 23.4 Å². The number of carbonyl (C=O) groups excluding carboxylic acids is 3. The van der Waals surface area contributed by atoms with Crippen LogP contribution >= 0.6 is 0 Å². The monoisotopic (exact) mass is 323 g/mol. The predicted octanol–water partition coefficient (Wildman–Crippen LogP) is 0.393. The molecule has 0 aromatic carbocycles. The van der Waals surface area contributed by atoms with Crippen LogP contribution in [-0.4, -0.2) is 55.2 Å². The zero-order valence-electron chi connectivity index (χ0n) is 13.3. The Labute approximate surface area is 134 Å². The molecule has 0 aromatic heterocycles. The Kier molecular flexibility index (Phi) is 5.54. The first-order valence-electron chi connectivity index (χ1n) is 7.50. The topological polar surface area (TPSA) is 93.1 Å². The van der Waals surface area contributed by atoms with Crippen molar-refractivity contribution < 1.29 is 29.0 Å². The van der Waals surface area contributed by atoms with Crippen molar-refractivity contribution in [3.8, 4) is 0 Å². The summed E-state index contributed by atoms with van der Waals surface area (Å²) in [5.41, 5.74) is 1.06. The molecule has 2 aliphatic rings. The van der Waals surface area contributed by atoms with Gasteiger partial charge >= 0.3 is 11.9 Å². The normalized spacial score (nSPS) is 23.1. The number of methoxy groups -OCH3 is 2. The van der Waals surface area contributed by atoms with Gasteiger partial charge in [-0.3, -0.25) is 9.59 Å². The number of aliphatic hydroxyl groups excluding tert-OH is 1. The molecule has 0 spiro atoms. The van der Waals surface area contributed by atoms with Crippen LogP contribution in [0.25, 0.3) is 0 Å². The Morgan fingerprint density at radius 1 is 1.35 bits per heavy atom. The maximum absolute atomic E-state index is 12.6. The fraction of sp³-hybridized carbons (Fsp3) is 0.562. The van der Waals surface area contributed by atoms with E-state index < -0.39 is 11.9 Å². The molecule has 2 atom stereocenters. The summed E-state index contributed by atoms with van der Waals surface area (Å²) in [4.78, 5) is 37.2. The molecule has 0 saturated heterocycles. The van der Waals surface area contributed by atoms with Crippen LogP contribution in [-0.2, 0) is 23.9 Å². The molecule has 0 unspecified atom stereocenters. The summed E-state index contributed by atoms with van der Waals surface area (Å²) < 4.78 is 9.38. The van der Waals surface area contributed by atoms with E-state index >= 15 is 0 Å². The molecule has 0 radical (unpaired) electrons. The second-order valence-corrected chi connectivity index (χ2v) is 5.54. The number of hydrogen-bond acceptors (Lipinski definition) is 6. The minimum atomic E-state index is -0.530. The van der Waals surface area contributed by atoms with Gasteiger partial charge < -0.3 is 19.5 Å². The van der Waals surface area contributed by atoms with E-state index in [4.69, 9.17) is 4.74 Å². The van der Waals surface area contributed by atoms with Gasteiger partial charge in [0.15, 0.2) is 0 Å². The van der Waals surface area contributed by atoms with Crippen molar-refractivity contribution in [1.29, 1.82) is 0 Å². The Hall–Kier alpha value is -2.15. The van der Waals surface area contributed by atoms with Crippen LogP contribution in [0.4, 0.5) is 0 Å². The van der Waals surface area contributed by atoms with Gasteiger partial charge in [-0.25, -0.2) is 4.79 Å². The molecule has 0 aromatic rings. The predicted molar refractivity (Wildman–Crippen MR) is 79.8 cm³/mol. The Bertz CT molecular complexity index is 565. The second kappa shape index (κ2) is 7.41. The average Bonchev–Trinajstić information content (AvgIpc) is 3.00. The number of fused-ring (bicyclic) bond motifs is 1. The lowest BCUT2D eigenvalue weighted by Gasteiger charge is -2.33. The van der Waals surface area contributed by atoms with Crippen LogP contribution in [0.5, 0.6) is 0 Å². The average molecular weight is 323 g/mol. The van der Waals surface area contributed by atoms with Gasteiger partial charge in [0.25, 0.3) is 0 Å². The van der Waals surface area contributed by atoms with Gasteiger partial charge in [-0.1, -0.05) is 6.08 Å². The largest absolute Gasteiger partial charge is 0.469 e. The second-order valence-electron chi connectivity index (χ2n) is 5.54. The quantitative estimate of drug-likeness (QED) is 0.561. The van der Waals surface area contributed by atoms with Gasteiger partial charge in [-0.15, -0.1) is 0 Å². The number of rotatable bonds is 6. The van der Waals surface area contributed by atoms with Gasteiger partial charge in [-0.2, -0.15) is 0 Å². The van der Waals surface area contributed by atoms with E-state index in [9.17, 15) is 19.5 Å². The van der Waals surface area contributed by atoms with Crippen molar-refractivity contribution in [2.24, 2.45) is 11.8 Å². The minimum Gasteiger partial charge on any atom is -0.469 e. The van der Waals surface area contributed by atoms with E-state index in [1.165, 1.54) is 25.3 Å². The Morgan fingerprint density at radius 3 is 2.70 bits per heavy atom. The lowest BCUT2D eigenvalue weighted by atomic mass is 9.82. The van der Waals surface area contributed by atoms with Crippen LogP contribution in [0.1, 0.15) is 19.3 Å². The summed E-state index contributed by atoms with van der Waals surface area (Å²) in [5.74, 6) is -1.80. The van der Waals surface area contributed by atoms with E-state index in [0.29, 0.717) is 30.5 Å². The maximum atomic E-state index is 12.6. The fourth-order valence-electron chi connectivity index (χ4n) is 3.10. The van der Waals surface area contributed by atoms with E-state index in [-0.39, 0.29) is 30.8 Å². The standard InChI is InChI=1S/C16H21NO6/c1-22-13(19)4-3-7-17-8-12(16(21)23-2)11-6-5-10(9-18)14(11)15(17)20/h5,8,11,14,18H,3-4,6-7,9H2,1-2H3/t11-,14-/m1/s1. The molecule has 1 heterocycles. The van der Waals surface area contributed by atoms with Crippen molar-refractivity contribution in [3.63, 3.8) is 0 Å². The molecule has 2 rings (SSSR count). The lowest BCUT2D eigenvalue weighted by molar-refractivity contribution is -0.142. The summed E-state index contributed by atoms with van der Waals surface area (Å²) >= 11 is 0. The van der Waals surface area contributed by atoms with Gasteiger partial charge in [0.05, 0.1) is 32.3 Å². The van der Waals surface area contributed by atoms with Crippen LogP contribution in [0, 0.1) is 11.8 Å². The number of hydrogen-bond donors (Lipinski definition) is 1. The molecule has 0 fully saturated rings. The van der Waals surface area contributed by atoms with Gasteiger partial charge in [-0.05, 0) is 18.4 Å². The molecule has 0 bridgehead atoms. The zero-order chi connectivity index (χ0) is 17.0. The van der Waals surface area contributed by atoms with E-state index in [1.807, 2.05) is 6.08 Å². The van der Waals surface area contributed by atoms with Crippen molar-refractivity contribution in [2.75, 3.05) is 27.4 Å². The van der Waals surface area contributed by atoms with Gasteiger partial charge in [0, 0.05) is 25.1 Å². The molecule has 0 saturated carbocycles. The number of amides is 1. The highest BCUT2D eigenvalue weighted by atomic mass is 16.5. The minimum absolute atomic E-state index is 0.162. The molecule has 23 heavy (non-hydrogen) atoms. The molecule has 7 heteroatoms. The van der Waals surface area contributed by atoms with Gasteiger partial charge in [0.1, 0.15) is 0 Å². The van der Waals surface area contributed by atoms with Crippen LogP contribution in [0.3, 0.4) is 0 Å². The summed E-state index contributed by atoms with van der Waals surface area (Å²) in [5, 5.41) is 9.44. The smallest absolute Gasteiger partial charge is 0.335 e. The number of allylic oxidation sites excluding steroid dienone is 1. The molecular weight excluding hydrogens is 302 g/mol. The first-order chi connectivity index (χ1) is 11.0. The molecule has 7 nitrogen and oxygen atoms in total. The van der Waals surface area contributed by atoms with E-state index in [2.05, 4.69) is 4.74 Å². The number of esters is 2. The Morgan fingerprint density at radius 2 is 2.09 bits per heavy atom. The highest BCUT2D eigenvalue weighted by Gasteiger charge is 2.44. The molecule has 1 amide bonds. The number of aliphatic hydroxyl groups is 1. The third-order valence-corrected chi connectivity index (χ3v) is 4.29. The first-order valence-corrected chi connectivity index (χ1v) is 7.50. The summed E-state index contributed by atoms with van der Waals surface area (Å²) in [6.07, 6.45) is 4.48. The van der Waals surface area contributed by atoms with Crippen LogP contribution in [0.2, 0.25) is 0 Å². The van der Waals surface area contributed by atoms with Crippen molar-refractivity contribution in [2.45, 2.75) is 19.3 Å². The molecule has 126 valence electrons. The zero-order valence-corrected chi connectivity index (χ0v) is 13.3. The molecular formula is C16H21NO6. The van der Waals surface area contributed by atoms with E-state index in [1.54, 1.807) is 0 Å². The summed E-state index contributed by atoms with van der Waals surface area (Å²) in [7, 11) is 2.61.